The molecule has 0 aliphatic heterocycles. The van der Waals surface area contributed by atoms with Crippen LogP contribution in [0.15, 0.2) is 16.9 Å². The molecule has 86 valence electrons. The average Bonchev–Trinajstić information content (AvgIpc) is 2.76. The Bertz CT molecular complexity index is 544. The lowest BCUT2D eigenvalue weighted by molar-refractivity contribution is 0.387. The first kappa shape index (κ1) is 11.0. The SMILES string of the molecule is Cc1nc(CCNc2nccnc2C#N)no1. The van der Waals surface area contributed by atoms with E-state index in [-0.39, 0.29) is 5.69 Å². The van der Waals surface area contributed by atoms with Crippen molar-refractivity contribution in [3.8, 4) is 6.07 Å². The van der Waals surface area contributed by atoms with Gasteiger partial charge in [0.15, 0.2) is 17.3 Å². The zero-order chi connectivity index (χ0) is 12.1. The van der Waals surface area contributed by atoms with E-state index in [1.807, 2.05) is 6.07 Å². The minimum Gasteiger partial charge on any atom is -0.367 e. The van der Waals surface area contributed by atoms with Gasteiger partial charge < -0.3 is 9.84 Å². The van der Waals surface area contributed by atoms with Crippen LogP contribution in [-0.4, -0.2) is 26.7 Å². The third kappa shape index (κ3) is 2.75. The summed E-state index contributed by atoms with van der Waals surface area (Å²) >= 11 is 0. The molecule has 2 heterocycles. The summed E-state index contributed by atoms with van der Waals surface area (Å²) in [5, 5.41) is 15.6. The molecule has 0 fully saturated rings. The summed E-state index contributed by atoms with van der Waals surface area (Å²) in [7, 11) is 0. The van der Waals surface area contributed by atoms with Crippen molar-refractivity contribution in [3.05, 3.63) is 29.8 Å². The topological polar surface area (TPSA) is 101 Å². The van der Waals surface area contributed by atoms with Crippen molar-refractivity contribution >= 4 is 5.82 Å². The van der Waals surface area contributed by atoms with Crippen LogP contribution in [-0.2, 0) is 6.42 Å². The van der Waals surface area contributed by atoms with Crippen LogP contribution < -0.4 is 5.32 Å². The number of aromatic nitrogens is 4. The van der Waals surface area contributed by atoms with Crippen molar-refractivity contribution in [1.82, 2.24) is 20.1 Å². The molecule has 1 N–H and O–H groups in total. The summed E-state index contributed by atoms with van der Waals surface area (Å²) in [6.45, 7) is 2.30. The van der Waals surface area contributed by atoms with Gasteiger partial charge in [0.2, 0.25) is 5.89 Å². The number of nitrogens with one attached hydrogen (secondary N) is 1. The van der Waals surface area contributed by atoms with Crippen molar-refractivity contribution in [3.63, 3.8) is 0 Å². The molecule has 7 heteroatoms. The predicted molar refractivity (Wildman–Crippen MR) is 58.0 cm³/mol. The van der Waals surface area contributed by atoms with Crippen LogP contribution in [0.1, 0.15) is 17.4 Å². The highest BCUT2D eigenvalue weighted by Crippen LogP contribution is 2.06. The van der Waals surface area contributed by atoms with Crippen molar-refractivity contribution in [2.45, 2.75) is 13.3 Å². The lowest BCUT2D eigenvalue weighted by atomic mass is 10.3. The van der Waals surface area contributed by atoms with E-state index >= 15 is 0 Å². The highest BCUT2D eigenvalue weighted by atomic mass is 16.5. The Labute approximate surface area is 97.5 Å². The van der Waals surface area contributed by atoms with Gasteiger partial charge >= 0.3 is 0 Å². The zero-order valence-corrected chi connectivity index (χ0v) is 9.21. The van der Waals surface area contributed by atoms with E-state index in [1.165, 1.54) is 12.4 Å². The van der Waals surface area contributed by atoms with Gasteiger partial charge in [0.05, 0.1) is 0 Å². The summed E-state index contributed by atoms with van der Waals surface area (Å²) < 4.78 is 4.84. The molecule has 0 saturated carbocycles. The second-order valence-corrected chi connectivity index (χ2v) is 3.27. The Balaban J connectivity index is 1.92. The van der Waals surface area contributed by atoms with Gasteiger partial charge in [0.1, 0.15) is 6.07 Å². The van der Waals surface area contributed by atoms with E-state index in [0.29, 0.717) is 30.5 Å². The monoisotopic (exact) mass is 230 g/mol. The number of nitriles is 1. The molecule has 0 unspecified atom stereocenters. The smallest absolute Gasteiger partial charge is 0.223 e. The van der Waals surface area contributed by atoms with Crippen LogP contribution in [0.3, 0.4) is 0 Å². The fourth-order valence-electron chi connectivity index (χ4n) is 1.28. The number of anilines is 1. The molecular formula is C10H10N6O. The highest BCUT2D eigenvalue weighted by Gasteiger charge is 2.05. The fraction of sp³-hybridized carbons (Fsp3) is 0.300. The summed E-state index contributed by atoms with van der Waals surface area (Å²) in [6, 6.07) is 1.96. The van der Waals surface area contributed by atoms with Crippen molar-refractivity contribution in [1.29, 1.82) is 5.26 Å². The lowest BCUT2D eigenvalue weighted by Crippen LogP contribution is -2.09. The molecule has 2 rings (SSSR count). The Hall–Kier alpha value is -2.49. The number of aryl methyl sites for hydroxylation is 1. The largest absolute Gasteiger partial charge is 0.367 e. The van der Waals surface area contributed by atoms with Gasteiger partial charge in [-0.25, -0.2) is 9.97 Å². The van der Waals surface area contributed by atoms with Crippen LogP contribution in [0, 0.1) is 18.3 Å². The molecule has 0 aliphatic rings. The lowest BCUT2D eigenvalue weighted by Gasteiger charge is -2.03. The van der Waals surface area contributed by atoms with E-state index in [4.69, 9.17) is 9.78 Å². The molecular weight excluding hydrogens is 220 g/mol. The van der Waals surface area contributed by atoms with Crippen LogP contribution in [0.4, 0.5) is 5.82 Å². The molecule has 0 spiro atoms. The molecule has 2 aromatic rings. The normalized spacial score (nSPS) is 9.88. The first-order chi connectivity index (χ1) is 8.29. The van der Waals surface area contributed by atoms with E-state index in [0.717, 1.165) is 0 Å². The van der Waals surface area contributed by atoms with Crippen LogP contribution in [0.2, 0.25) is 0 Å². The van der Waals surface area contributed by atoms with Gasteiger partial charge in [0, 0.05) is 32.3 Å². The van der Waals surface area contributed by atoms with Crippen molar-refractivity contribution < 1.29 is 4.52 Å². The molecule has 0 aromatic carbocycles. The predicted octanol–water partition coefficient (Wildman–Crippen LogP) is 0.694. The molecule has 7 nitrogen and oxygen atoms in total. The van der Waals surface area contributed by atoms with E-state index in [2.05, 4.69) is 25.4 Å². The Morgan fingerprint density at radius 2 is 2.24 bits per heavy atom. The summed E-state index contributed by atoms with van der Waals surface area (Å²) in [5.74, 6) is 1.63. The molecule has 0 amide bonds. The zero-order valence-electron chi connectivity index (χ0n) is 9.21. The summed E-state index contributed by atoms with van der Waals surface area (Å²) in [5.41, 5.74) is 0.275. The third-order valence-corrected chi connectivity index (χ3v) is 2.01. The number of nitrogens with zero attached hydrogens (tertiary/aromatic N) is 5. The first-order valence-corrected chi connectivity index (χ1v) is 5.04. The molecule has 0 aliphatic carbocycles. The van der Waals surface area contributed by atoms with Gasteiger partial charge in [-0.1, -0.05) is 5.16 Å². The average molecular weight is 230 g/mol. The van der Waals surface area contributed by atoms with Crippen LogP contribution in [0.5, 0.6) is 0 Å². The van der Waals surface area contributed by atoms with Gasteiger partial charge in [0.25, 0.3) is 0 Å². The number of hydrogen-bond acceptors (Lipinski definition) is 7. The minimum absolute atomic E-state index is 0.275. The number of rotatable bonds is 4. The molecule has 0 radical (unpaired) electrons. The van der Waals surface area contributed by atoms with Gasteiger partial charge in [-0.2, -0.15) is 10.2 Å². The maximum absolute atomic E-state index is 8.81. The second kappa shape index (κ2) is 5.03. The maximum atomic E-state index is 8.81. The molecule has 0 atom stereocenters. The maximum Gasteiger partial charge on any atom is 0.223 e. The van der Waals surface area contributed by atoms with E-state index in [9.17, 15) is 0 Å². The van der Waals surface area contributed by atoms with Gasteiger partial charge in [-0.3, -0.25) is 0 Å². The Kier molecular flexibility index (Phi) is 3.25. The minimum atomic E-state index is 0.275. The van der Waals surface area contributed by atoms with Crippen LogP contribution >= 0.6 is 0 Å². The Morgan fingerprint density at radius 1 is 1.41 bits per heavy atom. The molecule has 0 bridgehead atoms. The highest BCUT2D eigenvalue weighted by molar-refractivity contribution is 5.46. The van der Waals surface area contributed by atoms with E-state index < -0.39 is 0 Å². The quantitative estimate of drug-likeness (QED) is 0.824. The van der Waals surface area contributed by atoms with Crippen molar-refractivity contribution in [2.24, 2.45) is 0 Å². The fourth-order valence-corrected chi connectivity index (χ4v) is 1.28. The van der Waals surface area contributed by atoms with Crippen LogP contribution in [0.25, 0.3) is 0 Å². The third-order valence-electron chi connectivity index (χ3n) is 2.01. The molecule has 2 aromatic heterocycles. The standard InChI is InChI=1S/C10H10N6O/c1-7-15-9(16-17-7)2-3-13-10-8(6-11)12-4-5-14-10/h4-5H,2-3H2,1H3,(H,13,14). The number of hydrogen-bond donors (Lipinski definition) is 1. The Morgan fingerprint density at radius 3 is 2.94 bits per heavy atom. The second-order valence-electron chi connectivity index (χ2n) is 3.27. The first-order valence-electron chi connectivity index (χ1n) is 5.04. The summed E-state index contributed by atoms with van der Waals surface area (Å²) in [4.78, 5) is 12.0. The molecule has 0 saturated heterocycles. The van der Waals surface area contributed by atoms with E-state index in [1.54, 1.807) is 6.92 Å². The van der Waals surface area contributed by atoms with Gasteiger partial charge in [-0.05, 0) is 0 Å². The summed E-state index contributed by atoms with van der Waals surface area (Å²) in [6.07, 6.45) is 3.60. The molecule has 17 heavy (non-hydrogen) atoms. The van der Waals surface area contributed by atoms with Gasteiger partial charge in [-0.15, -0.1) is 0 Å². The van der Waals surface area contributed by atoms with Crippen molar-refractivity contribution in [2.75, 3.05) is 11.9 Å².